The number of rotatable bonds is 28. The molecule has 134 heavy (non-hydrogen) atoms. The lowest BCUT2D eigenvalue weighted by atomic mass is 9.92. The average molecular weight is 1910 g/mol. The highest BCUT2D eigenvalue weighted by molar-refractivity contribution is 6.31. The summed E-state index contributed by atoms with van der Waals surface area (Å²) in [5.41, 5.74) is 22.1. The number of amides is 1. The van der Waals surface area contributed by atoms with Gasteiger partial charge in [0.1, 0.15) is 61.3 Å². The van der Waals surface area contributed by atoms with Gasteiger partial charge < -0.3 is 96.6 Å². The number of ether oxygens (including phenoxy) is 3. The van der Waals surface area contributed by atoms with Crippen LogP contribution in [0.3, 0.4) is 0 Å². The lowest BCUT2D eigenvalue weighted by molar-refractivity contribution is -0.134. The van der Waals surface area contributed by atoms with E-state index in [9.17, 15) is 49.8 Å². The second-order valence-corrected chi connectivity index (χ2v) is 35.7. The predicted octanol–water partition coefficient (Wildman–Crippen LogP) is 9.82. The third-order valence-electron chi connectivity index (χ3n) is 25.7. The number of imidazole rings is 4. The second-order valence-electron chi connectivity index (χ2n) is 34.0. The summed E-state index contributed by atoms with van der Waals surface area (Å²) in [7, 11) is 1.48. The van der Waals surface area contributed by atoms with Gasteiger partial charge >= 0.3 is 5.95 Å². The SMILES string of the molecule is CCC(=O)[C@@]12CC1[C@@H](n1cnc3c(NCc4cccc(C)c4)nc(Cl)nc31)[C@@H](O)C2O.CCC(=O)[C@H]1O[C@@H](n2cnc3c(NCc4cc(Cl)ccc4COc4cc(C)no4)ncnc32)[C@@H](O)C1N.CCCCC#Cc1nc(NCc2cccc(Cl)c2)c2ncn([C@@H]3C4C[C@@]4(C(=O)CC)C(O)[C@@H]3O)c2n1.CNC(=O)[C@H]1O[C@@H](n2cnc3c(NCc4cc(Cl)ccc4C)ncnc32)[C@H](O)[C@@H]1N. The van der Waals surface area contributed by atoms with Gasteiger partial charge in [0.05, 0.1) is 78.2 Å². The summed E-state index contributed by atoms with van der Waals surface area (Å²) in [5, 5.41) is 85.8. The molecule has 1 amide bonds. The van der Waals surface area contributed by atoms with Crippen LogP contribution in [0.15, 0.2) is 133 Å². The number of aliphatic hydroxyl groups excluding tert-OH is 6. The van der Waals surface area contributed by atoms with Crippen LogP contribution in [0.25, 0.3) is 44.7 Å². The molecule has 15 N–H and O–H groups in total. The Balaban J connectivity index is 0.000000130. The Kier molecular flexibility index (Phi) is 28.7. The Hall–Kier alpha value is -11.9. The fourth-order valence-electron chi connectivity index (χ4n) is 18.4. The number of halogens is 4. The Morgan fingerprint density at radius 2 is 1.04 bits per heavy atom. The van der Waals surface area contributed by atoms with E-state index in [1.807, 2.05) is 93.6 Å². The highest BCUT2D eigenvalue weighted by Crippen LogP contribution is 2.70. The van der Waals surface area contributed by atoms with Gasteiger partial charge in [0.2, 0.25) is 11.1 Å². The van der Waals surface area contributed by atoms with Crippen LogP contribution >= 0.6 is 46.4 Å². The summed E-state index contributed by atoms with van der Waals surface area (Å²) >= 11 is 24.7. The number of nitrogens with two attached hydrogens (primary N) is 2. The lowest BCUT2D eigenvalue weighted by Gasteiger charge is -2.23. The maximum Gasteiger partial charge on any atom is 0.311 e. The molecule has 0 radical (unpaired) electrons. The topological polar surface area (TPSA) is 530 Å². The van der Waals surface area contributed by atoms with Crippen LogP contribution in [-0.4, -0.2) is 205 Å². The molecule has 4 saturated carbocycles. The Bertz CT molecular complexity index is 6610. The number of ketones is 3. The minimum atomic E-state index is -1.11. The van der Waals surface area contributed by atoms with E-state index < -0.39 is 102 Å². The quantitative estimate of drug-likeness (QED) is 0.0123. The first-order valence-electron chi connectivity index (χ1n) is 44.1. The van der Waals surface area contributed by atoms with Crippen LogP contribution in [0.4, 0.5) is 23.3 Å². The monoisotopic (exact) mass is 1910 g/mol. The normalized spacial score (nSPS) is 25.0. The molecule has 0 spiro atoms. The van der Waals surface area contributed by atoms with Gasteiger partial charge in [0.25, 0.3) is 5.91 Å². The van der Waals surface area contributed by atoms with Crippen LogP contribution in [0, 0.1) is 55.3 Å². The number of aliphatic hydroxyl groups is 6. The van der Waals surface area contributed by atoms with Crippen molar-refractivity contribution in [3.8, 4) is 17.8 Å². The number of aromatic nitrogens is 17. The number of fused-ring (bicyclic) bond motifs is 6. The minimum absolute atomic E-state index is 0.00745. The van der Waals surface area contributed by atoms with Crippen molar-refractivity contribution in [2.45, 2.75) is 218 Å². The third-order valence-corrected chi connectivity index (χ3v) is 26.5. The van der Waals surface area contributed by atoms with E-state index >= 15 is 0 Å². The zero-order chi connectivity index (χ0) is 94.9. The fraction of sp³-hybridized carbons (Fsp3) is 0.424. The number of hydrogen-bond donors (Lipinski definition) is 13. The molecule has 42 heteroatoms. The number of nitrogens with zero attached hydrogens (tertiary/aromatic N) is 17. The molecule has 4 aliphatic carbocycles. The predicted molar refractivity (Wildman–Crippen MR) is 497 cm³/mol. The van der Waals surface area contributed by atoms with Crippen molar-refractivity contribution < 1.29 is 68.6 Å². The molecule has 702 valence electrons. The number of aryl methyl sites for hydroxylation is 3. The molecule has 6 fully saturated rings. The summed E-state index contributed by atoms with van der Waals surface area (Å²) in [5.74, 6) is 7.99. The second kappa shape index (κ2) is 40.3. The molecule has 6 aliphatic rings. The van der Waals surface area contributed by atoms with Gasteiger partial charge in [0, 0.05) is 80.0 Å². The van der Waals surface area contributed by atoms with Gasteiger partial charge in [-0.3, -0.25) is 28.3 Å². The van der Waals surface area contributed by atoms with Crippen LogP contribution < -0.4 is 42.8 Å². The molecule has 2 saturated heterocycles. The summed E-state index contributed by atoms with van der Waals surface area (Å²) < 4.78 is 29.0. The van der Waals surface area contributed by atoms with E-state index in [1.165, 1.54) is 32.4 Å². The highest BCUT2D eigenvalue weighted by Gasteiger charge is 2.76. The van der Waals surface area contributed by atoms with Crippen LogP contribution in [0.5, 0.6) is 5.95 Å². The van der Waals surface area contributed by atoms with Crippen molar-refractivity contribution in [2.24, 2.45) is 34.1 Å². The maximum absolute atomic E-state index is 12.7. The van der Waals surface area contributed by atoms with Crippen molar-refractivity contribution >= 4 is 138 Å². The zero-order valence-corrected chi connectivity index (χ0v) is 77.3. The summed E-state index contributed by atoms with van der Waals surface area (Å²) in [6, 6.07) is 25.9. The highest BCUT2D eigenvalue weighted by atomic mass is 35.5. The number of nitrogens with one attached hydrogen (secondary N) is 5. The first-order chi connectivity index (χ1) is 64.5. The van der Waals surface area contributed by atoms with E-state index in [0.717, 1.165) is 63.9 Å². The van der Waals surface area contributed by atoms with Crippen LogP contribution in [-0.2, 0) is 61.4 Å². The van der Waals surface area contributed by atoms with Gasteiger partial charge in [0.15, 0.2) is 92.3 Å². The molecule has 13 aromatic rings. The summed E-state index contributed by atoms with van der Waals surface area (Å²) in [6.07, 6.45) is 3.52. The molecule has 2 aliphatic heterocycles. The summed E-state index contributed by atoms with van der Waals surface area (Å²) in [6.45, 7) is 15.4. The fourth-order valence-corrected chi connectivity index (χ4v) is 19.2. The van der Waals surface area contributed by atoms with E-state index in [2.05, 4.69) is 116 Å². The van der Waals surface area contributed by atoms with Crippen molar-refractivity contribution in [3.63, 3.8) is 0 Å². The molecule has 38 nitrogen and oxygen atoms in total. The van der Waals surface area contributed by atoms with Gasteiger partial charge in [-0.25, -0.2) is 49.8 Å². The van der Waals surface area contributed by atoms with Crippen LogP contribution in [0.1, 0.15) is 154 Å². The Morgan fingerprint density at radius 3 is 1.58 bits per heavy atom. The molecule has 0 bridgehead atoms. The molecular formula is C92H102Cl4N24O14. The van der Waals surface area contributed by atoms with Crippen LogP contribution in [0.2, 0.25) is 20.4 Å². The standard InChI is InChI=1S/C27H30ClN5O3.C24H26ClN7O5.C22H24ClN5O3.C19H22ClN7O3/c1-3-5-6-7-11-20-31-25(29-14-16-9-8-10-17(28)12-16)21-26(32-20)33(15-30-21)22-18-13-27(18,19(34)4-2)24(36)23(22)35;1-3-16(33)21-18(26)20(34)24(36-21)32-11-30-19-22(28-10-29-23(19)32)27-8-14-7-15(25)5-4-13(14)9-35-17-6-12(2)31-37-17;1-3-14(29)22-8-13(22)16(17(30)18(22)31)28-10-25-15-19(26-21(23)27-20(15)28)24-9-12-6-4-5-11(2)7-12;1-9-3-4-11(20)5-10(9)6-23-16-13-17(25-7-24-16)27(8-26-13)19-14(28)12(21)15(30-19)18(29)22-2/h8-10,12,15,18,22-24,35-36H,3-6,13-14H2,1-2H3,(H,29,31,32);4-7,10-11,18,20-21,24,34H,3,8-9,26H2,1-2H3,(H,27,28,29);4-7,10,13,16-18,30-31H,3,8-9H2,1-2H3,(H,24,26,27);3-5,7-8,12,14-15,19,28H,6,21H2,1-2H3,(H,22,29)(H,23,24,25)/t18?,22-,23-,24?,27-;18?,20-,21+,24+;13?,16-,17-,18?,22-;12-,14+,15-,19+/m1010/s1. The average Bonchev–Trinajstić information content (AvgIpc) is 1.51. The maximum atomic E-state index is 12.7. The number of hydrogen-bond acceptors (Lipinski definition) is 33. The van der Waals surface area contributed by atoms with E-state index in [0.29, 0.717) is 147 Å². The van der Waals surface area contributed by atoms with Gasteiger partial charge in [-0.1, -0.05) is 134 Å². The summed E-state index contributed by atoms with van der Waals surface area (Å²) in [4.78, 5) is 102. The first-order valence-corrected chi connectivity index (χ1v) is 45.6. The number of likely N-dealkylation sites (N-methyl/N-ethyl adjacent to an activating group) is 1. The molecule has 11 heterocycles. The van der Waals surface area contributed by atoms with Gasteiger partial charge in [-0.15, -0.1) is 0 Å². The number of anilines is 4. The zero-order valence-electron chi connectivity index (χ0n) is 74.3. The Labute approximate surface area is 788 Å². The lowest BCUT2D eigenvalue weighted by Crippen LogP contribution is -2.46. The molecule has 18 atom stereocenters. The molecule has 9 aromatic heterocycles. The van der Waals surface area contributed by atoms with Gasteiger partial charge in [-0.2, -0.15) is 9.97 Å². The molecular weight excluding hydrogens is 1810 g/mol. The van der Waals surface area contributed by atoms with Crippen molar-refractivity contribution in [2.75, 3.05) is 28.3 Å². The number of Topliss-reactive ketones (excluding diaryl/α,β-unsaturated/α-hetero) is 3. The number of unbranched alkanes of at least 4 members (excludes halogenated alkanes) is 2. The first kappa shape index (κ1) is 95.3. The van der Waals surface area contributed by atoms with Crippen molar-refractivity contribution in [3.05, 3.63) is 200 Å². The number of benzene rings is 4. The molecule has 19 rings (SSSR count). The molecule has 5 unspecified atom stereocenters. The van der Waals surface area contributed by atoms with Crippen molar-refractivity contribution in [1.82, 2.24) is 88.5 Å². The third kappa shape index (κ3) is 18.9. The van der Waals surface area contributed by atoms with Crippen molar-refractivity contribution in [1.29, 1.82) is 0 Å². The van der Waals surface area contributed by atoms with E-state index in [-0.39, 0.29) is 47.5 Å². The smallest absolute Gasteiger partial charge is 0.311 e. The Morgan fingerprint density at radius 1 is 0.530 bits per heavy atom. The largest absolute Gasteiger partial charge is 0.459 e. The number of carbonyl (C=O) groups excluding carboxylic acids is 4. The van der Waals surface area contributed by atoms with E-state index in [1.54, 1.807) is 63.8 Å². The van der Waals surface area contributed by atoms with Gasteiger partial charge in [-0.05, 0) is 139 Å². The minimum Gasteiger partial charge on any atom is -0.459 e. The molecule has 4 aromatic carbocycles. The van der Waals surface area contributed by atoms with E-state index in [4.69, 9.17) is 76.6 Å². The number of carbonyl (C=O) groups is 4.